The van der Waals surface area contributed by atoms with Crippen LogP contribution in [-0.2, 0) is 0 Å². The van der Waals surface area contributed by atoms with E-state index in [1.807, 2.05) is 6.92 Å². The van der Waals surface area contributed by atoms with Crippen LogP contribution in [-0.4, -0.2) is 43.2 Å². The molecule has 0 atom stereocenters. The molecule has 0 spiro atoms. The summed E-state index contributed by atoms with van der Waals surface area (Å²) >= 11 is 0. The van der Waals surface area contributed by atoms with Gasteiger partial charge in [0.2, 0.25) is 5.95 Å². The second-order valence-corrected chi connectivity index (χ2v) is 6.21. The van der Waals surface area contributed by atoms with E-state index in [0.717, 1.165) is 31.6 Å². The molecule has 146 valence electrons. The molecule has 7 nitrogen and oxygen atoms in total. The number of anilines is 2. The van der Waals surface area contributed by atoms with Gasteiger partial charge in [-0.15, -0.1) is 0 Å². The monoisotopic (exact) mass is 372 g/mol. The summed E-state index contributed by atoms with van der Waals surface area (Å²) in [5, 5.41) is 2.86. The molecule has 0 aliphatic carbocycles. The molecule has 2 aromatic rings. The zero-order valence-corrected chi connectivity index (χ0v) is 16.7. The van der Waals surface area contributed by atoms with Crippen LogP contribution in [0.4, 0.5) is 11.6 Å². The highest BCUT2D eigenvalue weighted by Crippen LogP contribution is 2.29. The van der Waals surface area contributed by atoms with Gasteiger partial charge < -0.3 is 19.7 Å². The van der Waals surface area contributed by atoms with E-state index in [9.17, 15) is 4.79 Å². The lowest BCUT2D eigenvalue weighted by Gasteiger charge is -2.22. The normalized spacial score (nSPS) is 10.4. The molecule has 0 saturated heterocycles. The molecule has 2 rings (SSSR count). The summed E-state index contributed by atoms with van der Waals surface area (Å²) in [5.74, 6) is 1.45. The van der Waals surface area contributed by atoms with Crippen LogP contribution in [0.1, 0.15) is 42.9 Å². The fourth-order valence-corrected chi connectivity index (χ4v) is 2.77. The lowest BCUT2D eigenvalue weighted by molar-refractivity contribution is 0.102. The Labute approximate surface area is 160 Å². The molecule has 1 N–H and O–H groups in total. The maximum Gasteiger partial charge on any atom is 0.274 e. The predicted octanol–water partition coefficient (Wildman–Crippen LogP) is 3.68. The topological polar surface area (TPSA) is 76.6 Å². The van der Waals surface area contributed by atoms with Crippen molar-refractivity contribution < 1.29 is 14.3 Å². The van der Waals surface area contributed by atoms with Gasteiger partial charge in [0.15, 0.2) is 11.5 Å². The molecule has 1 amide bonds. The third-order valence-electron chi connectivity index (χ3n) is 3.99. The van der Waals surface area contributed by atoms with Crippen molar-refractivity contribution in [2.45, 2.75) is 33.6 Å². The van der Waals surface area contributed by atoms with Gasteiger partial charge in [-0.3, -0.25) is 4.79 Å². The average Bonchev–Trinajstić information content (AvgIpc) is 2.67. The van der Waals surface area contributed by atoms with Crippen molar-refractivity contribution in [3.63, 3.8) is 0 Å². The maximum absolute atomic E-state index is 12.7. The van der Waals surface area contributed by atoms with E-state index >= 15 is 0 Å². The van der Waals surface area contributed by atoms with Crippen LogP contribution in [0.25, 0.3) is 0 Å². The number of hydrogen-bond acceptors (Lipinski definition) is 6. The first-order chi connectivity index (χ1) is 13.0. The Morgan fingerprint density at radius 1 is 1.04 bits per heavy atom. The van der Waals surface area contributed by atoms with Gasteiger partial charge in [0, 0.05) is 30.5 Å². The average molecular weight is 372 g/mol. The van der Waals surface area contributed by atoms with Crippen molar-refractivity contribution in [2.75, 3.05) is 37.5 Å². The summed E-state index contributed by atoms with van der Waals surface area (Å²) in [7, 11) is 3.12. The minimum Gasteiger partial charge on any atom is -0.493 e. The van der Waals surface area contributed by atoms with Gasteiger partial charge >= 0.3 is 0 Å². The van der Waals surface area contributed by atoms with Gasteiger partial charge in [0.05, 0.1) is 14.2 Å². The fraction of sp³-hybridized carbons (Fsp3) is 0.450. The summed E-state index contributed by atoms with van der Waals surface area (Å²) in [6.07, 6.45) is 1.98. The van der Waals surface area contributed by atoms with Crippen molar-refractivity contribution in [1.82, 2.24) is 9.97 Å². The zero-order chi connectivity index (χ0) is 19.8. The molecule has 1 aromatic carbocycles. The van der Waals surface area contributed by atoms with E-state index in [1.165, 1.54) is 0 Å². The highest BCUT2D eigenvalue weighted by atomic mass is 16.5. The van der Waals surface area contributed by atoms with E-state index in [1.54, 1.807) is 38.5 Å². The zero-order valence-electron chi connectivity index (χ0n) is 16.7. The van der Waals surface area contributed by atoms with Gasteiger partial charge in [-0.1, -0.05) is 13.8 Å². The number of hydrogen-bond donors (Lipinski definition) is 1. The Hall–Kier alpha value is -2.83. The first-order valence-electron chi connectivity index (χ1n) is 9.16. The van der Waals surface area contributed by atoms with Gasteiger partial charge in [-0.25, -0.2) is 9.97 Å². The lowest BCUT2D eigenvalue weighted by Crippen LogP contribution is -2.28. The lowest BCUT2D eigenvalue weighted by atomic mass is 10.2. The van der Waals surface area contributed by atoms with Crippen LogP contribution in [0.15, 0.2) is 24.3 Å². The SMILES string of the molecule is CCCN(CCC)c1nc(C)cc(C(=O)Nc2ccc(OC)c(OC)c2)n1. The summed E-state index contributed by atoms with van der Waals surface area (Å²) in [6, 6.07) is 6.91. The number of carbonyl (C=O) groups is 1. The number of ether oxygens (including phenoxy) is 2. The minimum absolute atomic E-state index is 0.290. The molecule has 0 fully saturated rings. The smallest absolute Gasteiger partial charge is 0.274 e. The highest BCUT2D eigenvalue weighted by molar-refractivity contribution is 6.03. The van der Waals surface area contributed by atoms with E-state index in [-0.39, 0.29) is 5.91 Å². The Bertz CT molecular complexity index is 774. The first kappa shape index (κ1) is 20.5. The Kier molecular flexibility index (Phi) is 7.40. The number of aryl methyl sites for hydroxylation is 1. The van der Waals surface area contributed by atoms with E-state index in [2.05, 4.69) is 34.0 Å². The third-order valence-corrected chi connectivity index (χ3v) is 3.99. The number of benzene rings is 1. The van der Waals surface area contributed by atoms with Gasteiger partial charge in [0.1, 0.15) is 5.69 Å². The second-order valence-electron chi connectivity index (χ2n) is 6.21. The quantitative estimate of drug-likeness (QED) is 0.723. The summed E-state index contributed by atoms with van der Waals surface area (Å²) in [5.41, 5.74) is 1.70. The van der Waals surface area contributed by atoms with E-state index < -0.39 is 0 Å². The van der Waals surface area contributed by atoms with Crippen LogP contribution >= 0.6 is 0 Å². The van der Waals surface area contributed by atoms with E-state index in [0.29, 0.717) is 28.8 Å². The Morgan fingerprint density at radius 3 is 2.30 bits per heavy atom. The molecular formula is C20H28N4O3. The van der Waals surface area contributed by atoms with Crippen LogP contribution in [0.3, 0.4) is 0 Å². The number of amides is 1. The van der Waals surface area contributed by atoms with E-state index in [4.69, 9.17) is 9.47 Å². The maximum atomic E-state index is 12.7. The van der Waals surface area contributed by atoms with Gasteiger partial charge in [-0.05, 0) is 38.0 Å². The van der Waals surface area contributed by atoms with Crippen LogP contribution in [0.5, 0.6) is 11.5 Å². The van der Waals surface area contributed by atoms with Crippen LogP contribution in [0.2, 0.25) is 0 Å². The number of rotatable bonds is 9. The number of aromatic nitrogens is 2. The minimum atomic E-state index is -0.290. The van der Waals surface area contributed by atoms with Gasteiger partial charge in [0.25, 0.3) is 5.91 Å². The van der Waals surface area contributed by atoms with Crippen molar-refractivity contribution in [1.29, 1.82) is 0 Å². The molecule has 0 unspecified atom stereocenters. The molecule has 0 saturated carbocycles. The molecule has 27 heavy (non-hydrogen) atoms. The number of carbonyl (C=O) groups excluding carboxylic acids is 1. The first-order valence-corrected chi connectivity index (χ1v) is 9.16. The molecule has 1 aromatic heterocycles. The Balaban J connectivity index is 2.25. The number of nitrogens with zero attached hydrogens (tertiary/aromatic N) is 3. The highest BCUT2D eigenvalue weighted by Gasteiger charge is 2.15. The summed E-state index contributed by atoms with van der Waals surface area (Å²) in [4.78, 5) is 23.8. The molecule has 0 radical (unpaired) electrons. The second kappa shape index (κ2) is 9.75. The number of nitrogens with one attached hydrogen (secondary N) is 1. The van der Waals surface area contributed by atoms with Crippen LogP contribution in [0, 0.1) is 6.92 Å². The summed E-state index contributed by atoms with van der Waals surface area (Å²) < 4.78 is 10.5. The fourth-order valence-electron chi connectivity index (χ4n) is 2.77. The van der Waals surface area contributed by atoms with Crippen molar-refractivity contribution in [3.8, 4) is 11.5 Å². The van der Waals surface area contributed by atoms with Gasteiger partial charge in [-0.2, -0.15) is 0 Å². The standard InChI is InChI=1S/C20H28N4O3/c1-6-10-24(11-7-2)20-21-14(3)12-16(23-20)19(25)22-15-8-9-17(26-4)18(13-15)27-5/h8-9,12-13H,6-7,10-11H2,1-5H3,(H,22,25). The molecule has 0 aliphatic heterocycles. The Morgan fingerprint density at radius 2 is 1.70 bits per heavy atom. The molecule has 1 heterocycles. The number of methoxy groups -OCH3 is 2. The molecule has 7 heteroatoms. The molecule has 0 aliphatic rings. The summed E-state index contributed by atoms with van der Waals surface area (Å²) in [6.45, 7) is 7.81. The van der Waals surface area contributed by atoms with Crippen LogP contribution < -0.4 is 19.7 Å². The van der Waals surface area contributed by atoms with Crippen molar-refractivity contribution >= 4 is 17.5 Å². The molecule has 0 bridgehead atoms. The largest absolute Gasteiger partial charge is 0.493 e. The predicted molar refractivity (Wildman–Crippen MR) is 107 cm³/mol. The van der Waals surface area contributed by atoms with Crippen molar-refractivity contribution in [2.24, 2.45) is 0 Å². The van der Waals surface area contributed by atoms with Crippen molar-refractivity contribution in [3.05, 3.63) is 35.7 Å². The molecular weight excluding hydrogens is 344 g/mol. The third kappa shape index (κ3) is 5.32.